The smallest absolute Gasteiger partial charge is 0.261 e. The third kappa shape index (κ3) is 4.73. The highest BCUT2D eigenvalue weighted by Gasteiger charge is 2.35. The molecular formula is C21H20BrN3O4S. The van der Waals surface area contributed by atoms with Crippen molar-refractivity contribution in [2.45, 2.75) is 11.3 Å². The zero-order valence-electron chi connectivity index (χ0n) is 16.5. The van der Waals surface area contributed by atoms with Crippen LogP contribution >= 0.6 is 27.7 Å². The number of thioether (sulfide) groups is 1. The zero-order chi connectivity index (χ0) is 21.8. The van der Waals surface area contributed by atoms with Gasteiger partial charge in [0.1, 0.15) is 0 Å². The molecule has 4 amide bonds. The van der Waals surface area contributed by atoms with Crippen molar-refractivity contribution in [1.82, 2.24) is 9.80 Å². The lowest BCUT2D eigenvalue weighted by Crippen LogP contribution is -2.38. The van der Waals surface area contributed by atoms with E-state index >= 15 is 0 Å². The molecule has 0 atom stereocenters. The highest BCUT2D eigenvalue weighted by molar-refractivity contribution is 9.10. The van der Waals surface area contributed by atoms with E-state index in [1.807, 2.05) is 24.5 Å². The van der Waals surface area contributed by atoms with Crippen molar-refractivity contribution >= 4 is 57.0 Å². The number of rotatable bonds is 7. The highest BCUT2D eigenvalue weighted by atomic mass is 79.9. The van der Waals surface area contributed by atoms with Gasteiger partial charge >= 0.3 is 0 Å². The van der Waals surface area contributed by atoms with Crippen LogP contribution in [0.15, 0.2) is 51.8 Å². The molecule has 0 unspecified atom stereocenters. The molecule has 0 radical (unpaired) electrons. The van der Waals surface area contributed by atoms with E-state index in [4.69, 9.17) is 0 Å². The van der Waals surface area contributed by atoms with Crippen LogP contribution in [-0.4, -0.2) is 59.8 Å². The maximum atomic E-state index is 12.5. The lowest BCUT2D eigenvalue weighted by atomic mass is 10.1. The molecule has 0 fully saturated rings. The summed E-state index contributed by atoms with van der Waals surface area (Å²) in [6, 6.07) is 12.3. The van der Waals surface area contributed by atoms with Gasteiger partial charge in [-0.1, -0.05) is 28.1 Å². The summed E-state index contributed by atoms with van der Waals surface area (Å²) in [7, 11) is 1.52. The first-order chi connectivity index (χ1) is 14.3. The van der Waals surface area contributed by atoms with Gasteiger partial charge < -0.3 is 10.2 Å². The molecule has 156 valence electrons. The second-order valence-electron chi connectivity index (χ2n) is 6.70. The molecule has 9 heteroatoms. The fourth-order valence-electron chi connectivity index (χ4n) is 3.11. The molecule has 1 aliphatic heterocycles. The molecule has 0 aromatic heterocycles. The van der Waals surface area contributed by atoms with E-state index in [1.165, 1.54) is 23.7 Å². The number of fused-ring (bicyclic) bond motifs is 1. The van der Waals surface area contributed by atoms with Gasteiger partial charge in [0.25, 0.3) is 11.8 Å². The number of amides is 4. The van der Waals surface area contributed by atoms with Crippen LogP contribution in [0.5, 0.6) is 0 Å². The Morgan fingerprint density at radius 1 is 1.10 bits per heavy atom. The molecule has 1 aliphatic rings. The third-order valence-electron chi connectivity index (χ3n) is 4.67. The number of carbonyl (C=O) groups excluding carboxylic acids is 4. The van der Waals surface area contributed by atoms with E-state index in [9.17, 15) is 19.2 Å². The number of hydrogen-bond donors (Lipinski definition) is 1. The predicted octanol–water partition coefficient (Wildman–Crippen LogP) is 3.25. The third-order valence-corrected chi connectivity index (χ3v) is 5.96. The Labute approximate surface area is 186 Å². The number of nitrogens with one attached hydrogen (secondary N) is 1. The summed E-state index contributed by atoms with van der Waals surface area (Å²) >= 11 is 4.80. The topological polar surface area (TPSA) is 86.8 Å². The highest BCUT2D eigenvalue weighted by Crippen LogP contribution is 2.26. The quantitative estimate of drug-likeness (QED) is 0.476. The molecule has 1 N–H and O–H groups in total. The van der Waals surface area contributed by atoms with Gasteiger partial charge in [-0.3, -0.25) is 24.1 Å². The lowest BCUT2D eigenvalue weighted by Gasteiger charge is -2.19. The van der Waals surface area contributed by atoms with Crippen LogP contribution in [0, 0.1) is 0 Å². The fourth-order valence-corrected chi connectivity index (χ4v) is 4.02. The number of carbonyl (C=O) groups is 4. The SMILES string of the molecule is CSc1ccccc1NC(=O)CN(C)C(=O)CCN1C(=O)c2ccc(Br)cc2C1=O. The number of para-hydroxylation sites is 1. The molecule has 0 bridgehead atoms. The first-order valence-corrected chi connectivity index (χ1v) is 11.2. The Morgan fingerprint density at radius 3 is 2.53 bits per heavy atom. The molecule has 2 aromatic carbocycles. The Hall–Kier alpha value is -2.65. The maximum absolute atomic E-state index is 12.5. The van der Waals surface area contributed by atoms with Gasteiger partial charge in [0.15, 0.2) is 0 Å². The van der Waals surface area contributed by atoms with E-state index in [0.29, 0.717) is 21.3 Å². The van der Waals surface area contributed by atoms with Crippen molar-refractivity contribution in [2.24, 2.45) is 0 Å². The number of anilines is 1. The molecule has 3 rings (SSSR count). The summed E-state index contributed by atoms with van der Waals surface area (Å²) < 4.78 is 0.703. The van der Waals surface area contributed by atoms with Crippen molar-refractivity contribution in [2.75, 3.05) is 31.7 Å². The van der Waals surface area contributed by atoms with Crippen LogP contribution in [0.3, 0.4) is 0 Å². The van der Waals surface area contributed by atoms with Crippen LogP contribution in [0.1, 0.15) is 27.1 Å². The molecule has 30 heavy (non-hydrogen) atoms. The minimum Gasteiger partial charge on any atom is -0.336 e. The minimum absolute atomic E-state index is 0.0376. The van der Waals surface area contributed by atoms with E-state index < -0.39 is 11.8 Å². The van der Waals surface area contributed by atoms with Crippen molar-refractivity contribution < 1.29 is 19.2 Å². The Kier molecular flexibility index (Phi) is 6.94. The molecule has 0 spiro atoms. The van der Waals surface area contributed by atoms with Gasteiger partial charge in [0.05, 0.1) is 23.4 Å². The van der Waals surface area contributed by atoms with Crippen molar-refractivity contribution in [1.29, 1.82) is 0 Å². The average molecular weight is 490 g/mol. The van der Waals surface area contributed by atoms with Crippen LogP contribution < -0.4 is 5.32 Å². The number of nitrogens with zero attached hydrogens (tertiary/aromatic N) is 2. The largest absolute Gasteiger partial charge is 0.336 e. The van der Waals surface area contributed by atoms with Gasteiger partial charge in [-0.05, 0) is 36.6 Å². The average Bonchev–Trinajstić information content (AvgIpc) is 2.95. The summed E-state index contributed by atoms with van der Waals surface area (Å²) in [6.45, 7) is -0.166. The van der Waals surface area contributed by atoms with E-state index in [-0.39, 0.29) is 31.3 Å². The van der Waals surface area contributed by atoms with Crippen LogP contribution in [0.2, 0.25) is 0 Å². The van der Waals surface area contributed by atoms with Crippen molar-refractivity contribution in [3.63, 3.8) is 0 Å². The maximum Gasteiger partial charge on any atom is 0.261 e. The number of likely N-dealkylation sites (N-methyl/N-ethyl adjacent to an activating group) is 1. The van der Waals surface area contributed by atoms with Gasteiger partial charge in [-0.25, -0.2) is 0 Å². The number of hydrogen-bond acceptors (Lipinski definition) is 5. The van der Waals surface area contributed by atoms with Crippen LogP contribution in [0.25, 0.3) is 0 Å². The Balaban J connectivity index is 1.54. The van der Waals surface area contributed by atoms with Crippen LogP contribution in [0.4, 0.5) is 5.69 Å². The first kappa shape index (κ1) is 22.0. The molecule has 0 saturated carbocycles. The van der Waals surface area contributed by atoms with Crippen molar-refractivity contribution in [3.8, 4) is 0 Å². The Morgan fingerprint density at radius 2 is 1.80 bits per heavy atom. The second-order valence-corrected chi connectivity index (χ2v) is 8.46. The first-order valence-electron chi connectivity index (χ1n) is 9.14. The molecule has 2 aromatic rings. The van der Waals surface area contributed by atoms with Gasteiger partial charge in [0, 0.05) is 29.4 Å². The standard InChI is InChI=1S/C21H20BrN3O4S/c1-24(12-18(26)23-16-5-3-4-6-17(16)30-2)19(27)9-10-25-20(28)14-8-7-13(22)11-15(14)21(25)29/h3-8,11H,9-10,12H2,1-2H3,(H,23,26). The van der Waals surface area contributed by atoms with Gasteiger partial charge in [0.2, 0.25) is 11.8 Å². The molecule has 0 saturated heterocycles. The summed E-state index contributed by atoms with van der Waals surface area (Å²) in [5.74, 6) is -1.48. The van der Waals surface area contributed by atoms with Gasteiger partial charge in [-0.2, -0.15) is 0 Å². The molecule has 1 heterocycles. The zero-order valence-corrected chi connectivity index (χ0v) is 18.9. The normalized spacial score (nSPS) is 12.7. The number of benzene rings is 2. The predicted molar refractivity (Wildman–Crippen MR) is 119 cm³/mol. The monoisotopic (exact) mass is 489 g/mol. The molecule has 0 aliphatic carbocycles. The Bertz CT molecular complexity index is 1030. The van der Waals surface area contributed by atoms with E-state index in [1.54, 1.807) is 24.3 Å². The van der Waals surface area contributed by atoms with E-state index in [2.05, 4.69) is 21.2 Å². The minimum atomic E-state index is -0.418. The summed E-state index contributed by atoms with van der Waals surface area (Å²) in [5.41, 5.74) is 1.34. The summed E-state index contributed by atoms with van der Waals surface area (Å²) in [5, 5.41) is 2.80. The summed E-state index contributed by atoms with van der Waals surface area (Å²) in [4.78, 5) is 52.9. The lowest BCUT2D eigenvalue weighted by molar-refractivity contribution is -0.133. The number of halogens is 1. The molecular weight excluding hydrogens is 470 g/mol. The second kappa shape index (κ2) is 9.44. The van der Waals surface area contributed by atoms with Crippen molar-refractivity contribution in [3.05, 3.63) is 58.1 Å². The fraction of sp³-hybridized carbons (Fsp3) is 0.238. The summed E-state index contributed by atoms with van der Waals surface area (Å²) in [6.07, 6.45) is 1.86. The van der Waals surface area contributed by atoms with E-state index in [0.717, 1.165) is 9.80 Å². The van der Waals surface area contributed by atoms with Crippen LogP contribution in [-0.2, 0) is 9.59 Å². The number of imide groups is 1. The van der Waals surface area contributed by atoms with Gasteiger partial charge in [-0.15, -0.1) is 11.8 Å². The molecule has 7 nitrogen and oxygen atoms in total.